The van der Waals surface area contributed by atoms with Crippen LogP contribution in [0.1, 0.15) is 59.8 Å². The first-order valence-corrected chi connectivity index (χ1v) is 18.1. The zero-order chi connectivity index (χ0) is 36.4. The van der Waals surface area contributed by atoms with E-state index in [1.54, 1.807) is 0 Å². The maximum Gasteiger partial charge on any atom is 0.416 e. The highest BCUT2D eigenvalue weighted by atomic mass is 32.2. The van der Waals surface area contributed by atoms with Gasteiger partial charge in [-0.15, -0.1) is 0 Å². The Morgan fingerprint density at radius 1 is 0.940 bits per heavy atom. The molecule has 50 heavy (non-hydrogen) atoms. The Hall–Kier alpha value is -4.01. The first-order valence-electron chi connectivity index (χ1n) is 16.2. The summed E-state index contributed by atoms with van der Waals surface area (Å²) in [6.45, 7) is 6.89. The molecule has 14 heteroatoms. The molecular weight excluding hydrogens is 682 g/mol. The molecule has 7 nitrogen and oxygen atoms in total. The number of halogens is 6. The summed E-state index contributed by atoms with van der Waals surface area (Å²) in [7, 11) is -3.85. The van der Waals surface area contributed by atoms with E-state index < -0.39 is 39.7 Å². The molecule has 0 spiro atoms. The third-order valence-corrected chi connectivity index (χ3v) is 10.3. The molecule has 0 radical (unpaired) electrons. The number of fused-ring (bicyclic) bond motifs is 1. The Morgan fingerprint density at radius 2 is 1.60 bits per heavy atom. The van der Waals surface area contributed by atoms with Gasteiger partial charge >= 0.3 is 12.4 Å². The van der Waals surface area contributed by atoms with Crippen molar-refractivity contribution in [1.82, 2.24) is 20.1 Å². The summed E-state index contributed by atoms with van der Waals surface area (Å²) in [4.78, 5) is 23.1. The molecule has 0 saturated carbocycles. The van der Waals surface area contributed by atoms with Gasteiger partial charge in [-0.25, -0.2) is 13.4 Å². The van der Waals surface area contributed by atoms with Crippen molar-refractivity contribution in [3.05, 3.63) is 95.1 Å². The van der Waals surface area contributed by atoms with Crippen LogP contribution in [-0.4, -0.2) is 73.8 Å². The van der Waals surface area contributed by atoms with Gasteiger partial charge in [0, 0.05) is 35.4 Å². The summed E-state index contributed by atoms with van der Waals surface area (Å²) < 4.78 is 110. The fraction of sp³-hybridized carbons (Fsp3) is 0.389. The average Bonchev–Trinajstić information content (AvgIpc) is 3.07. The summed E-state index contributed by atoms with van der Waals surface area (Å²) >= 11 is 0. The van der Waals surface area contributed by atoms with Crippen LogP contribution in [0.15, 0.2) is 77.7 Å². The molecule has 1 aromatic heterocycles. The summed E-state index contributed by atoms with van der Waals surface area (Å²) in [6, 6.07) is 12.7. The number of piperidine rings is 1. The number of nitrogens with zero attached hydrogens (tertiary/aromatic N) is 3. The molecule has 1 saturated heterocycles. The van der Waals surface area contributed by atoms with E-state index in [1.165, 1.54) is 60.7 Å². The maximum atomic E-state index is 14.5. The van der Waals surface area contributed by atoms with Crippen molar-refractivity contribution in [3.63, 3.8) is 0 Å². The van der Waals surface area contributed by atoms with E-state index in [0.29, 0.717) is 13.1 Å². The third-order valence-electron chi connectivity index (χ3n) is 9.18. The Labute approximate surface area is 287 Å². The van der Waals surface area contributed by atoms with Crippen LogP contribution in [0, 0.1) is 0 Å². The highest BCUT2D eigenvalue weighted by Gasteiger charge is 2.43. The summed E-state index contributed by atoms with van der Waals surface area (Å²) in [5.41, 5.74) is -1.38. The van der Waals surface area contributed by atoms with Gasteiger partial charge in [0.1, 0.15) is 0 Å². The molecular formula is C36H38F6N4O3S. The van der Waals surface area contributed by atoms with Crippen molar-refractivity contribution in [3.8, 4) is 11.3 Å². The number of carbonyl (C=O) groups excluding carboxylic acids is 1. The molecule has 0 unspecified atom stereocenters. The fourth-order valence-corrected chi connectivity index (χ4v) is 7.26. The van der Waals surface area contributed by atoms with Crippen molar-refractivity contribution in [1.29, 1.82) is 0 Å². The van der Waals surface area contributed by atoms with Gasteiger partial charge in [0.05, 0.1) is 27.2 Å². The maximum absolute atomic E-state index is 14.5. The number of hydrogen-bond donors (Lipinski definition) is 1. The molecule has 4 aromatic rings. The van der Waals surface area contributed by atoms with E-state index >= 15 is 0 Å². The molecule has 268 valence electrons. The van der Waals surface area contributed by atoms with Crippen LogP contribution in [0.3, 0.4) is 0 Å². The van der Waals surface area contributed by atoms with E-state index in [9.17, 15) is 39.6 Å². The zero-order valence-corrected chi connectivity index (χ0v) is 28.6. The zero-order valence-electron chi connectivity index (χ0n) is 27.8. The lowest BCUT2D eigenvalue weighted by Crippen LogP contribution is -2.44. The van der Waals surface area contributed by atoms with Gasteiger partial charge in [0.15, 0.2) is 15.9 Å². The lowest BCUT2D eigenvalue weighted by Gasteiger charge is -2.38. The lowest BCUT2D eigenvalue weighted by molar-refractivity contribution is -0.155. The number of nitrogens with one attached hydrogen (secondary N) is 1. The molecule has 5 rings (SSSR count). The van der Waals surface area contributed by atoms with Crippen molar-refractivity contribution in [2.45, 2.75) is 62.6 Å². The Balaban J connectivity index is 1.74. The highest BCUT2D eigenvalue weighted by molar-refractivity contribution is 7.90. The second kappa shape index (κ2) is 14.7. The summed E-state index contributed by atoms with van der Waals surface area (Å²) in [5, 5.41) is 2.08. The fourth-order valence-electron chi connectivity index (χ4n) is 6.62. The van der Waals surface area contributed by atoms with Crippen molar-refractivity contribution in [2.75, 3.05) is 32.4 Å². The van der Waals surface area contributed by atoms with Crippen molar-refractivity contribution >= 4 is 26.6 Å². The third kappa shape index (κ3) is 8.30. The number of alkyl halides is 6. The number of likely N-dealkylation sites (tertiary alicyclic amines) is 1. The van der Waals surface area contributed by atoms with E-state index in [4.69, 9.17) is 0 Å². The molecule has 1 aliphatic heterocycles. The number of benzene rings is 3. The van der Waals surface area contributed by atoms with Crippen LogP contribution in [-0.2, 0) is 22.6 Å². The molecule has 1 fully saturated rings. The van der Waals surface area contributed by atoms with Gasteiger partial charge in [-0.05, 0) is 74.9 Å². The lowest BCUT2D eigenvalue weighted by atomic mass is 9.93. The van der Waals surface area contributed by atoms with Gasteiger partial charge in [-0.3, -0.25) is 9.69 Å². The van der Waals surface area contributed by atoms with Gasteiger partial charge in [0.25, 0.3) is 5.91 Å². The quantitative estimate of drug-likeness (QED) is 0.170. The second-order valence-electron chi connectivity index (χ2n) is 12.4. The molecule has 1 atom stereocenters. The Kier molecular flexibility index (Phi) is 10.9. The predicted molar refractivity (Wildman–Crippen MR) is 179 cm³/mol. The Bertz CT molecular complexity index is 1940. The van der Waals surface area contributed by atoms with Gasteiger partial charge in [-0.1, -0.05) is 56.3 Å². The van der Waals surface area contributed by atoms with Crippen LogP contribution < -0.4 is 5.32 Å². The minimum atomic E-state index is -4.92. The average molecular weight is 721 g/mol. The molecule has 1 amide bonds. The standard InChI is InChI=1S/C36H38F6N4O3S/c1-4-46(5-2)26-16-18-45(19-17-26)22-29-31(34(47)44-33(36(40,41)42)23-10-7-6-8-11-23)28-21-27(50(3,48)49)14-15-30(28)43-32(29)24-12-9-13-25(20-24)35(37,38)39/h6-15,20-21,26,33H,4-5,16-19,22H2,1-3H3,(H,44,47)/t33-/m1/s1. The number of aromatic nitrogens is 1. The topological polar surface area (TPSA) is 82.6 Å². The summed E-state index contributed by atoms with van der Waals surface area (Å²) in [6.07, 6.45) is -7.17. The molecule has 2 heterocycles. The number of hydrogen-bond acceptors (Lipinski definition) is 6. The minimum absolute atomic E-state index is 0.00595. The van der Waals surface area contributed by atoms with Crippen LogP contribution in [0.5, 0.6) is 0 Å². The Morgan fingerprint density at radius 3 is 2.18 bits per heavy atom. The van der Waals surface area contributed by atoms with Crippen LogP contribution in [0.4, 0.5) is 26.3 Å². The second-order valence-corrected chi connectivity index (χ2v) is 14.4. The first kappa shape index (κ1) is 37.3. The van der Waals surface area contributed by atoms with Crippen LogP contribution in [0.2, 0.25) is 0 Å². The number of carbonyl (C=O) groups is 1. The monoisotopic (exact) mass is 720 g/mol. The van der Waals surface area contributed by atoms with Crippen LogP contribution in [0.25, 0.3) is 22.2 Å². The van der Waals surface area contributed by atoms with Crippen LogP contribution >= 0.6 is 0 Å². The van der Waals surface area contributed by atoms with E-state index in [0.717, 1.165) is 44.3 Å². The van der Waals surface area contributed by atoms with Gasteiger partial charge in [0.2, 0.25) is 0 Å². The number of sulfone groups is 1. The number of amides is 1. The summed E-state index contributed by atoms with van der Waals surface area (Å²) in [5.74, 6) is -1.17. The van der Waals surface area contributed by atoms with E-state index in [-0.39, 0.29) is 56.3 Å². The largest absolute Gasteiger partial charge is 0.416 e. The SMILES string of the molecule is CCN(CC)C1CCN(Cc2c(-c3cccc(C(F)(F)F)c3)nc3ccc(S(C)(=O)=O)cc3c2C(=O)N[C@H](c2ccccc2)C(F)(F)F)CC1. The number of pyridine rings is 1. The predicted octanol–water partition coefficient (Wildman–Crippen LogP) is 7.66. The van der Waals surface area contributed by atoms with E-state index in [1.807, 2.05) is 4.90 Å². The highest BCUT2D eigenvalue weighted by Crippen LogP contribution is 2.38. The van der Waals surface area contributed by atoms with Gasteiger partial charge in [-0.2, -0.15) is 26.3 Å². The molecule has 0 bridgehead atoms. The molecule has 3 aromatic carbocycles. The number of rotatable bonds is 10. The minimum Gasteiger partial charge on any atom is -0.337 e. The molecule has 1 N–H and O–H groups in total. The van der Waals surface area contributed by atoms with Gasteiger partial charge < -0.3 is 10.2 Å². The van der Waals surface area contributed by atoms with Crippen molar-refractivity contribution in [2.24, 2.45) is 0 Å². The first-order chi connectivity index (χ1) is 23.5. The van der Waals surface area contributed by atoms with Crippen molar-refractivity contribution < 1.29 is 39.6 Å². The van der Waals surface area contributed by atoms with E-state index in [2.05, 4.69) is 29.0 Å². The molecule has 1 aliphatic rings. The normalized spacial score (nSPS) is 15.8. The smallest absolute Gasteiger partial charge is 0.337 e. The molecule has 0 aliphatic carbocycles.